The SMILES string of the molecule is COCCN(CCOC(C)(C)C)CCC(=N)N. The summed E-state index contributed by atoms with van der Waals surface area (Å²) in [6, 6.07) is 0. The molecule has 5 heteroatoms. The summed E-state index contributed by atoms with van der Waals surface area (Å²) < 4.78 is 10.7. The topological polar surface area (TPSA) is 71.6 Å². The molecule has 0 aromatic heterocycles. The highest BCUT2D eigenvalue weighted by Crippen LogP contribution is 2.06. The Morgan fingerprint density at radius 2 is 1.76 bits per heavy atom. The molecule has 0 saturated heterocycles. The molecule has 0 bridgehead atoms. The quantitative estimate of drug-likeness (QED) is 0.471. The molecule has 0 aromatic carbocycles. The highest BCUT2D eigenvalue weighted by molar-refractivity contribution is 5.76. The molecular formula is C12H27N3O2. The van der Waals surface area contributed by atoms with Gasteiger partial charge in [-0.15, -0.1) is 0 Å². The van der Waals surface area contributed by atoms with Gasteiger partial charge in [-0.2, -0.15) is 0 Å². The van der Waals surface area contributed by atoms with Crippen LogP contribution in [0.4, 0.5) is 0 Å². The molecule has 0 fully saturated rings. The summed E-state index contributed by atoms with van der Waals surface area (Å²) >= 11 is 0. The first-order valence-corrected chi connectivity index (χ1v) is 6.03. The lowest BCUT2D eigenvalue weighted by Crippen LogP contribution is -2.35. The van der Waals surface area contributed by atoms with E-state index in [1.165, 1.54) is 0 Å². The van der Waals surface area contributed by atoms with Crippen LogP contribution in [0.3, 0.4) is 0 Å². The molecule has 0 atom stereocenters. The van der Waals surface area contributed by atoms with Crippen LogP contribution in [0.2, 0.25) is 0 Å². The van der Waals surface area contributed by atoms with Crippen LogP contribution in [0.25, 0.3) is 0 Å². The van der Waals surface area contributed by atoms with Gasteiger partial charge in [0, 0.05) is 33.2 Å². The molecule has 3 N–H and O–H groups in total. The number of hydrogen-bond acceptors (Lipinski definition) is 4. The molecule has 102 valence electrons. The normalized spacial score (nSPS) is 12.1. The first kappa shape index (κ1) is 16.4. The van der Waals surface area contributed by atoms with Crippen molar-refractivity contribution < 1.29 is 9.47 Å². The van der Waals surface area contributed by atoms with Crippen molar-refractivity contribution in [2.45, 2.75) is 32.8 Å². The van der Waals surface area contributed by atoms with Gasteiger partial charge >= 0.3 is 0 Å². The molecule has 0 unspecified atom stereocenters. The minimum absolute atomic E-state index is 0.104. The zero-order valence-electron chi connectivity index (χ0n) is 11.6. The Hall–Kier alpha value is -0.650. The van der Waals surface area contributed by atoms with Crippen molar-refractivity contribution in [1.29, 1.82) is 5.41 Å². The molecule has 0 amide bonds. The van der Waals surface area contributed by atoms with Crippen molar-refractivity contribution >= 4 is 5.84 Å². The highest BCUT2D eigenvalue weighted by Gasteiger charge is 2.11. The zero-order chi connectivity index (χ0) is 13.3. The van der Waals surface area contributed by atoms with Crippen LogP contribution in [-0.4, -0.2) is 56.3 Å². The lowest BCUT2D eigenvalue weighted by molar-refractivity contribution is -0.0146. The molecule has 17 heavy (non-hydrogen) atoms. The van der Waals surface area contributed by atoms with Gasteiger partial charge < -0.3 is 15.2 Å². The van der Waals surface area contributed by atoms with E-state index >= 15 is 0 Å². The Labute approximate surface area is 105 Å². The summed E-state index contributed by atoms with van der Waals surface area (Å²) in [7, 11) is 1.69. The number of hydrogen-bond donors (Lipinski definition) is 2. The van der Waals surface area contributed by atoms with Gasteiger partial charge in [-0.25, -0.2) is 0 Å². The van der Waals surface area contributed by atoms with Gasteiger partial charge in [0.25, 0.3) is 0 Å². The molecule has 0 aliphatic rings. The van der Waals surface area contributed by atoms with Crippen molar-refractivity contribution in [2.75, 3.05) is 40.0 Å². The van der Waals surface area contributed by atoms with Crippen molar-refractivity contribution in [3.63, 3.8) is 0 Å². The van der Waals surface area contributed by atoms with E-state index in [-0.39, 0.29) is 11.4 Å². The Morgan fingerprint density at radius 3 is 2.24 bits per heavy atom. The standard InChI is InChI=1S/C12H27N3O2/c1-12(2,3)17-10-8-15(7-9-16-4)6-5-11(13)14/h5-10H2,1-4H3,(H3,13,14). The second kappa shape index (κ2) is 8.44. The lowest BCUT2D eigenvalue weighted by Gasteiger charge is -2.25. The summed E-state index contributed by atoms with van der Waals surface area (Å²) in [6.07, 6.45) is 0.596. The van der Waals surface area contributed by atoms with Crippen molar-refractivity contribution in [3.8, 4) is 0 Å². The molecule has 0 spiro atoms. The summed E-state index contributed by atoms with van der Waals surface area (Å²) in [5, 5.41) is 7.23. The summed E-state index contributed by atoms with van der Waals surface area (Å²) in [4.78, 5) is 2.20. The van der Waals surface area contributed by atoms with Gasteiger partial charge in [0.2, 0.25) is 0 Å². The Balaban J connectivity index is 3.88. The van der Waals surface area contributed by atoms with Gasteiger partial charge in [0.1, 0.15) is 0 Å². The fourth-order valence-electron chi connectivity index (χ4n) is 1.32. The summed E-state index contributed by atoms with van der Waals surface area (Å²) in [5.41, 5.74) is 5.26. The first-order chi connectivity index (χ1) is 7.85. The van der Waals surface area contributed by atoms with Crippen LogP contribution in [0.5, 0.6) is 0 Å². The van der Waals surface area contributed by atoms with Gasteiger partial charge in [0.15, 0.2) is 0 Å². The van der Waals surface area contributed by atoms with Gasteiger partial charge in [-0.1, -0.05) is 0 Å². The van der Waals surface area contributed by atoms with E-state index in [0.29, 0.717) is 19.6 Å². The van der Waals surface area contributed by atoms with Crippen LogP contribution >= 0.6 is 0 Å². The lowest BCUT2D eigenvalue weighted by atomic mass is 10.2. The smallest absolute Gasteiger partial charge is 0.0918 e. The molecule has 0 saturated carbocycles. The Bertz CT molecular complexity index is 214. The van der Waals surface area contributed by atoms with E-state index in [1.54, 1.807) is 7.11 Å². The molecule has 0 heterocycles. The van der Waals surface area contributed by atoms with E-state index in [2.05, 4.69) is 4.90 Å². The van der Waals surface area contributed by atoms with Crippen LogP contribution in [-0.2, 0) is 9.47 Å². The first-order valence-electron chi connectivity index (χ1n) is 6.03. The minimum atomic E-state index is -0.104. The molecular weight excluding hydrogens is 218 g/mol. The monoisotopic (exact) mass is 245 g/mol. The van der Waals surface area contributed by atoms with Crippen molar-refractivity contribution in [3.05, 3.63) is 0 Å². The number of rotatable bonds is 9. The maximum Gasteiger partial charge on any atom is 0.0918 e. The molecule has 0 aliphatic carbocycles. The second-order valence-electron chi connectivity index (χ2n) is 5.07. The zero-order valence-corrected chi connectivity index (χ0v) is 11.6. The fraction of sp³-hybridized carbons (Fsp3) is 0.917. The summed E-state index contributed by atoms with van der Waals surface area (Å²) in [6.45, 7) is 9.97. The predicted octanol–water partition coefficient (Wildman–Crippen LogP) is 1.08. The fourth-order valence-corrected chi connectivity index (χ4v) is 1.32. The van der Waals surface area contributed by atoms with E-state index in [0.717, 1.165) is 19.6 Å². The number of nitrogens with zero attached hydrogens (tertiary/aromatic N) is 1. The number of methoxy groups -OCH3 is 1. The maximum atomic E-state index is 7.23. The number of amidine groups is 1. The van der Waals surface area contributed by atoms with Crippen LogP contribution < -0.4 is 5.73 Å². The van der Waals surface area contributed by atoms with Gasteiger partial charge in [0.05, 0.1) is 24.7 Å². The average Bonchev–Trinajstić information content (AvgIpc) is 2.19. The average molecular weight is 245 g/mol. The Morgan fingerprint density at radius 1 is 1.18 bits per heavy atom. The maximum absolute atomic E-state index is 7.23. The summed E-state index contributed by atoms with van der Waals surface area (Å²) in [5.74, 6) is 0.226. The Kier molecular flexibility index (Phi) is 8.12. The van der Waals surface area contributed by atoms with Gasteiger partial charge in [-0.3, -0.25) is 10.3 Å². The number of ether oxygens (including phenoxy) is 2. The number of nitrogens with two attached hydrogens (primary N) is 1. The van der Waals surface area contributed by atoms with E-state index in [9.17, 15) is 0 Å². The molecule has 0 aliphatic heterocycles. The third-order valence-electron chi connectivity index (χ3n) is 2.25. The third kappa shape index (κ3) is 11.6. The molecule has 5 nitrogen and oxygen atoms in total. The highest BCUT2D eigenvalue weighted by atomic mass is 16.5. The van der Waals surface area contributed by atoms with Crippen LogP contribution in [0, 0.1) is 5.41 Å². The third-order valence-corrected chi connectivity index (χ3v) is 2.25. The van der Waals surface area contributed by atoms with Gasteiger partial charge in [-0.05, 0) is 20.8 Å². The predicted molar refractivity (Wildman–Crippen MR) is 70.6 cm³/mol. The van der Waals surface area contributed by atoms with E-state index < -0.39 is 0 Å². The molecule has 0 aromatic rings. The van der Waals surface area contributed by atoms with E-state index in [4.69, 9.17) is 20.6 Å². The largest absolute Gasteiger partial charge is 0.388 e. The van der Waals surface area contributed by atoms with Crippen LogP contribution in [0.1, 0.15) is 27.2 Å². The minimum Gasteiger partial charge on any atom is -0.388 e. The molecule has 0 rings (SSSR count). The van der Waals surface area contributed by atoms with Crippen molar-refractivity contribution in [2.24, 2.45) is 5.73 Å². The van der Waals surface area contributed by atoms with E-state index in [1.807, 2.05) is 20.8 Å². The van der Waals surface area contributed by atoms with Crippen molar-refractivity contribution in [1.82, 2.24) is 4.90 Å². The molecule has 0 radical (unpaired) electrons. The number of nitrogens with one attached hydrogen (secondary N) is 1. The van der Waals surface area contributed by atoms with Crippen LogP contribution in [0.15, 0.2) is 0 Å². The second-order valence-corrected chi connectivity index (χ2v) is 5.07.